The standard InChI is InChI=1S/C12H17NO2S/c1-9-7-11(16-8-9)12(14)13-5-3-10(15-2)4-6-13/h7-8,10H,3-6H2,1-2H3. The van der Waals surface area contributed by atoms with Crippen molar-refractivity contribution >= 4 is 17.2 Å². The van der Waals surface area contributed by atoms with E-state index in [0.29, 0.717) is 6.10 Å². The van der Waals surface area contributed by atoms with Gasteiger partial charge in [0.25, 0.3) is 5.91 Å². The molecular formula is C12H17NO2S. The first-order chi connectivity index (χ1) is 7.70. The molecule has 0 saturated carbocycles. The lowest BCUT2D eigenvalue weighted by Gasteiger charge is -2.30. The zero-order chi connectivity index (χ0) is 11.5. The van der Waals surface area contributed by atoms with Gasteiger partial charge in [-0.25, -0.2) is 0 Å². The molecule has 0 aliphatic carbocycles. The molecule has 1 aliphatic rings. The Morgan fingerprint density at radius 1 is 1.50 bits per heavy atom. The van der Waals surface area contributed by atoms with Crippen molar-refractivity contribution in [3.8, 4) is 0 Å². The summed E-state index contributed by atoms with van der Waals surface area (Å²) in [6.45, 7) is 3.65. The lowest BCUT2D eigenvalue weighted by atomic mass is 10.1. The Hall–Kier alpha value is -0.870. The number of ether oxygens (including phenoxy) is 1. The van der Waals surface area contributed by atoms with Gasteiger partial charge in [-0.05, 0) is 36.8 Å². The molecule has 0 bridgehead atoms. The van der Waals surface area contributed by atoms with Gasteiger partial charge >= 0.3 is 0 Å². The number of amides is 1. The Morgan fingerprint density at radius 3 is 2.69 bits per heavy atom. The fourth-order valence-electron chi connectivity index (χ4n) is 1.99. The number of thiophene rings is 1. The first-order valence-corrected chi connectivity index (χ1v) is 6.46. The van der Waals surface area contributed by atoms with Crippen molar-refractivity contribution in [3.63, 3.8) is 0 Å². The highest BCUT2D eigenvalue weighted by molar-refractivity contribution is 7.12. The van der Waals surface area contributed by atoms with Gasteiger partial charge in [0.15, 0.2) is 0 Å². The number of hydrogen-bond acceptors (Lipinski definition) is 3. The van der Waals surface area contributed by atoms with Gasteiger partial charge in [-0.1, -0.05) is 0 Å². The topological polar surface area (TPSA) is 29.5 Å². The molecule has 1 saturated heterocycles. The number of carbonyl (C=O) groups excluding carboxylic acids is 1. The molecule has 4 heteroatoms. The van der Waals surface area contributed by atoms with Crippen LogP contribution in [0.2, 0.25) is 0 Å². The van der Waals surface area contributed by atoms with Crippen LogP contribution in [0.3, 0.4) is 0 Å². The molecule has 0 unspecified atom stereocenters. The van der Waals surface area contributed by atoms with Gasteiger partial charge in [0, 0.05) is 20.2 Å². The van der Waals surface area contributed by atoms with Crippen LogP contribution in [-0.2, 0) is 4.74 Å². The molecule has 88 valence electrons. The first-order valence-electron chi connectivity index (χ1n) is 5.58. The SMILES string of the molecule is COC1CCN(C(=O)c2cc(C)cs2)CC1. The van der Waals surface area contributed by atoms with E-state index in [0.717, 1.165) is 30.8 Å². The monoisotopic (exact) mass is 239 g/mol. The minimum atomic E-state index is 0.174. The molecule has 1 aromatic heterocycles. The summed E-state index contributed by atoms with van der Waals surface area (Å²) in [6.07, 6.45) is 2.23. The smallest absolute Gasteiger partial charge is 0.263 e. The minimum Gasteiger partial charge on any atom is -0.381 e. The molecule has 3 nitrogen and oxygen atoms in total. The van der Waals surface area contributed by atoms with E-state index in [4.69, 9.17) is 4.74 Å². The molecule has 1 fully saturated rings. The van der Waals surface area contributed by atoms with Crippen LogP contribution in [0.15, 0.2) is 11.4 Å². The number of hydrogen-bond donors (Lipinski definition) is 0. The Bertz CT molecular complexity index is 367. The molecule has 1 aromatic rings. The Kier molecular flexibility index (Phi) is 3.61. The first kappa shape index (κ1) is 11.6. The van der Waals surface area contributed by atoms with Crippen molar-refractivity contribution in [2.24, 2.45) is 0 Å². The van der Waals surface area contributed by atoms with Crippen LogP contribution in [0.25, 0.3) is 0 Å². The molecule has 0 spiro atoms. The summed E-state index contributed by atoms with van der Waals surface area (Å²) in [7, 11) is 1.74. The molecule has 2 rings (SSSR count). The highest BCUT2D eigenvalue weighted by atomic mass is 32.1. The normalized spacial score (nSPS) is 17.8. The third-order valence-corrected chi connectivity index (χ3v) is 4.04. The van der Waals surface area contributed by atoms with Crippen LogP contribution in [-0.4, -0.2) is 37.1 Å². The quantitative estimate of drug-likeness (QED) is 0.792. The molecule has 0 N–H and O–H groups in total. The van der Waals surface area contributed by atoms with Crippen molar-refractivity contribution in [1.29, 1.82) is 0 Å². The van der Waals surface area contributed by atoms with E-state index in [1.807, 2.05) is 23.3 Å². The average Bonchev–Trinajstić information content (AvgIpc) is 2.75. The number of rotatable bonds is 2. The van der Waals surface area contributed by atoms with Gasteiger partial charge in [-0.15, -0.1) is 11.3 Å². The third-order valence-electron chi connectivity index (χ3n) is 3.00. The van der Waals surface area contributed by atoms with Gasteiger partial charge < -0.3 is 9.64 Å². The Morgan fingerprint density at radius 2 is 2.19 bits per heavy atom. The van der Waals surface area contributed by atoms with Crippen molar-refractivity contribution in [3.05, 3.63) is 21.9 Å². The summed E-state index contributed by atoms with van der Waals surface area (Å²) in [4.78, 5) is 14.9. The maximum absolute atomic E-state index is 12.1. The summed E-state index contributed by atoms with van der Waals surface area (Å²) in [6, 6.07) is 1.97. The predicted octanol–water partition coefficient (Wildman–Crippen LogP) is 2.31. The summed E-state index contributed by atoms with van der Waals surface area (Å²) < 4.78 is 5.29. The van der Waals surface area contributed by atoms with Gasteiger partial charge in [-0.3, -0.25) is 4.79 Å². The summed E-state index contributed by atoms with van der Waals surface area (Å²) in [5, 5.41) is 2.02. The van der Waals surface area contributed by atoms with E-state index in [-0.39, 0.29) is 5.91 Å². The van der Waals surface area contributed by atoms with E-state index < -0.39 is 0 Å². The van der Waals surface area contributed by atoms with Crippen LogP contribution in [0.5, 0.6) is 0 Å². The second kappa shape index (κ2) is 4.97. The van der Waals surface area contributed by atoms with Crippen molar-refractivity contribution in [2.75, 3.05) is 20.2 Å². The molecule has 0 aromatic carbocycles. The highest BCUT2D eigenvalue weighted by Crippen LogP contribution is 2.19. The second-order valence-electron chi connectivity index (χ2n) is 4.22. The molecule has 16 heavy (non-hydrogen) atoms. The van der Waals surface area contributed by atoms with E-state index in [2.05, 4.69) is 0 Å². The largest absolute Gasteiger partial charge is 0.381 e. The number of likely N-dealkylation sites (tertiary alicyclic amines) is 1. The van der Waals surface area contributed by atoms with Gasteiger partial charge in [0.2, 0.25) is 0 Å². The summed E-state index contributed by atoms with van der Waals surface area (Å²) in [5.41, 5.74) is 1.17. The summed E-state index contributed by atoms with van der Waals surface area (Å²) >= 11 is 1.54. The number of piperidine rings is 1. The van der Waals surface area contributed by atoms with Crippen LogP contribution in [0.1, 0.15) is 28.1 Å². The van der Waals surface area contributed by atoms with Crippen molar-refractivity contribution < 1.29 is 9.53 Å². The van der Waals surface area contributed by atoms with E-state index in [9.17, 15) is 4.79 Å². The van der Waals surface area contributed by atoms with Crippen LogP contribution in [0.4, 0.5) is 0 Å². The van der Waals surface area contributed by atoms with Gasteiger partial charge in [0.05, 0.1) is 11.0 Å². The molecular weight excluding hydrogens is 222 g/mol. The Balaban J connectivity index is 1.96. The van der Waals surface area contributed by atoms with Crippen LogP contribution >= 0.6 is 11.3 Å². The van der Waals surface area contributed by atoms with Crippen LogP contribution in [0, 0.1) is 6.92 Å². The van der Waals surface area contributed by atoms with Gasteiger partial charge in [0.1, 0.15) is 0 Å². The fourth-order valence-corrected chi connectivity index (χ4v) is 2.86. The van der Waals surface area contributed by atoms with E-state index in [1.165, 1.54) is 16.9 Å². The third kappa shape index (κ3) is 2.44. The molecule has 0 radical (unpaired) electrons. The number of aryl methyl sites for hydroxylation is 1. The second-order valence-corrected chi connectivity index (χ2v) is 5.13. The van der Waals surface area contributed by atoms with E-state index in [1.54, 1.807) is 7.11 Å². The molecule has 0 atom stereocenters. The fraction of sp³-hybridized carbons (Fsp3) is 0.583. The maximum atomic E-state index is 12.1. The minimum absolute atomic E-state index is 0.174. The number of nitrogens with zero attached hydrogens (tertiary/aromatic N) is 1. The highest BCUT2D eigenvalue weighted by Gasteiger charge is 2.23. The summed E-state index contributed by atoms with van der Waals surface area (Å²) in [5.74, 6) is 0.174. The lowest BCUT2D eigenvalue weighted by molar-refractivity contribution is 0.0353. The number of carbonyl (C=O) groups is 1. The van der Waals surface area contributed by atoms with Crippen molar-refractivity contribution in [2.45, 2.75) is 25.9 Å². The van der Waals surface area contributed by atoms with Gasteiger partial charge in [-0.2, -0.15) is 0 Å². The van der Waals surface area contributed by atoms with Crippen molar-refractivity contribution in [1.82, 2.24) is 4.90 Å². The lowest BCUT2D eigenvalue weighted by Crippen LogP contribution is -2.40. The zero-order valence-corrected chi connectivity index (χ0v) is 10.5. The average molecular weight is 239 g/mol. The van der Waals surface area contributed by atoms with Crippen LogP contribution < -0.4 is 0 Å². The number of methoxy groups -OCH3 is 1. The molecule has 1 aliphatic heterocycles. The maximum Gasteiger partial charge on any atom is 0.263 e. The zero-order valence-electron chi connectivity index (χ0n) is 9.73. The predicted molar refractivity (Wildman–Crippen MR) is 65.0 cm³/mol. The molecule has 1 amide bonds. The van der Waals surface area contributed by atoms with E-state index >= 15 is 0 Å². The Labute approximate surface area is 100 Å². The molecule has 2 heterocycles.